The lowest BCUT2D eigenvalue weighted by Crippen LogP contribution is -2.39. The maximum Gasteiger partial charge on any atom is 0.339 e. The van der Waals surface area contributed by atoms with Crippen LogP contribution in [0.4, 0.5) is 0 Å². The van der Waals surface area contributed by atoms with Crippen LogP contribution in [0.15, 0.2) is 71.6 Å². The Kier molecular flexibility index (Phi) is 4.76. The lowest BCUT2D eigenvalue weighted by atomic mass is 9.84. The van der Waals surface area contributed by atoms with E-state index in [4.69, 9.17) is 8.92 Å². The molecule has 0 saturated carbocycles. The summed E-state index contributed by atoms with van der Waals surface area (Å²) in [6, 6.07) is 21.0. The highest BCUT2D eigenvalue weighted by Gasteiger charge is 2.35. The second-order valence-electron chi connectivity index (χ2n) is 7.72. The molecule has 0 aromatic heterocycles. The molecule has 2 heterocycles. The van der Waals surface area contributed by atoms with Gasteiger partial charge in [-0.25, -0.2) is 0 Å². The number of nitrogens with zero attached hydrogens (tertiary/aromatic N) is 1. The van der Waals surface area contributed by atoms with Crippen molar-refractivity contribution in [1.29, 1.82) is 0 Å². The maximum atomic E-state index is 12.9. The van der Waals surface area contributed by atoms with E-state index >= 15 is 0 Å². The predicted molar refractivity (Wildman–Crippen MR) is 114 cm³/mol. The van der Waals surface area contributed by atoms with Crippen LogP contribution < -0.4 is 8.92 Å². The van der Waals surface area contributed by atoms with Gasteiger partial charge < -0.3 is 8.92 Å². The van der Waals surface area contributed by atoms with Gasteiger partial charge in [-0.1, -0.05) is 48.5 Å². The second-order valence-corrected chi connectivity index (χ2v) is 9.27. The van der Waals surface area contributed by atoms with E-state index in [1.54, 1.807) is 24.3 Å². The van der Waals surface area contributed by atoms with Crippen LogP contribution in [0.2, 0.25) is 0 Å². The normalized spacial score (nSPS) is 18.1. The Labute approximate surface area is 177 Å². The van der Waals surface area contributed by atoms with Gasteiger partial charge in [0.2, 0.25) is 0 Å². The van der Waals surface area contributed by atoms with Crippen molar-refractivity contribution in [3.8, 4) is 11.5 Å². The van der Waals surface area contributed by atoms with Crippen LogP contribution in [-0.2, 0) is 29.5 Å². The smallest absolute Gasteiger partial charge is 0.339 e. The molecule has 0 bridgehead atoms. The molecule has 5 rings (SSSR count). The summed E-state index contributed by atoms with van der Waals surface area (Å²) in [5, 5.41) is 0. The van der Waals surface area contributed by atoms with E-state index in [9.17, 15) is 8.42 Å². The Morgan fingerprint density at radius 1 is 0.933 bits per heavy atom. The molecular weight excluding hydrogens is 398 g/mol. The number of methoxy groups -OCH3 is 1. The molecule has 1 unspecified atom stereocenters. The van der Waals surface area contributed by atoms with Crippen LogP contribution in [0.25, 0.3) is 0 Å². The van der Waals surface area contributed by atoms with Gasteiger partial charge in [-0.2, -0.15) is 8.42 Å². The van der Waals surface area contributed by atoms with Crippen LogP contribution in [0.3, 0.4) is 0 Å². The summed E-state index contributed by atoms with van der Waals surface area (Å²) in [5.74, 6) is 0.736. The number of ether oxygens (including phenoxy) is 1. The molecular formula is C24H23NO4S. The van der Waals surface area contributed by atoms with Gasteiger partial charge in [0.25, 0.3) is 0 Å². The van der Waals surface area contributed by atoms with Crippen molar-refractivity contribution >= 4 is 10.1 Å². The van der Waals surface area contributed by atoms with E-state index in [1.165, 1.54) is 30.4 Å². The van der Waals surface area contributed by atoms with E-state index in [0.717, 1.165) is 30.5 Å². The van der Waals surface area contributed by atoms with Gasteiger partial charge in [-0.3, -0.25) is 4.90 Å². The van der Waals surface area contributed by atoms with Crippen LogP contribution in [-0.4, -0.2) is 27.0 Å². The molecule has 1 atom stereocenters. The van der Waals surface area contributed by atoms with Gasteiger partial charge >= 0.3 is 10.1 Å². The van der Waals surface area contributed by atoms with E-state index in [0.29, 0.717) is 24.1 Å². The summed E-state index contributed by atoms with van der Waals surface area (Å²) >= 11 is 0. The number of fused-ring (bicyclic) bond motifs is 4. The third kappa shape index (κ3) is 3.26. The predicted octanol–water partition coefficient (Wildman–Crippen LogP) is 4.12. The minimum absolute atomic E-state index is 0.130. The number of benzene rings is 3. The molecule has 0 N–H and O–H groups in total. The summed E-state index contributed by atoms with van der Waals surface area (Å²) in [5.41, 5.74) is 4.76. The quantitative estimate of drug-likeness (QED) is 0.593. The fraction of sp³-hybridized carbons (Fsp3) is 0.250. The van der Waals surface area contributed by atoms with Crippen molar-refractivity contribution in [2.24, 2.45) is 0 Å². The van der Waals surface area contributed by atoms with Crippen molar-refractivity contribution in [2.75, 3.05) is 13.7 Å². The lowest BCUT2D eigenvalue weighted by molar-refractivity contribution is 0.159. The molecule has 6 heteroatoms. The Bertz CT molecular complexity index is 1190. The largest absolute Gasteiger partial charge is 0.493 e. The first-order chi connectivity index (χ1) is 14.6. The average molecular weight is 422 g/mol. The highest BCUT2D eigenvalue weighted by atomic mass is 32.2. The van der Waals surface area contributed by atoms with Gasteiger partial charge in [0.1, 0.15) is 4.90 Å². The Morgan fingerprint density at radius 2 is 1.70 bits per heavy atom. The molecule has 0 saturated heterocycles. The van der Waals surface area contributed by atoms with E-state index < -0.39 is 10.1 Å². The highest BCUT2D eigenvalue weighted by molar-refractivity contribution is 7.87. The van der Waals surface area contributed by atoms with Crippen molar-refractivity contribution < 1.29 is 17.3 Å². The van der Waals surface area contributed by atoms with Gasteiger partial charge in [0, 0.05) is 24.7 Å². The minimum Gasteiger partial charge on any atom is -0.493 e. The highest BCUT2D eigenvalue weighted by Crippen LogP contribution is 2.44. The Hall–Kier alpha value is -2.83. The van der Waals surface area contributed by atoms with E-state index in [1.807, 2.05) is 6.07 Å². The fourth-order valence-electron chi connectivity index (χ4n) is 4.55. The lowest BCUT2D eigenvalue weighted by Gasteiger charge is -2.41. The molecule has 0 fully saturated rings. The number of hydrogen-bond acceptors (Lipinski definition) is 5. The third-order valence-electron chi connectivity index (χ3n) is 6.06. The molecule has 0 aliphatic carbocycles. The van der Waals surface area contributed by atoms with Crippen LogP contribution in [0, 0.1) is 0 Å². The summed E-state index contributed by atoms with van der Waals surface area (Å²) in [6.07, 6.45) is 1.81. The fourth-order valence-corrected chi connectivity index (χ4v) is 5.54. The number of rotatable bonds is 4. The van der Waals surface area contributed by atoms with Crippen molar-refractivity contribution in [3.63, 3.8) is 0 Å². The summed E-state index contributed by atoms with van der Waals surface area (Å²) in [6.45, 7) is 1.56. The van der Waals surface area contributed by atoms with Crippen LogP contribution in [0.5, 0.6) is 11.5 Å². The third-order valence-corrected chi connectivity index (χ3v) is 7.30. The first kappa shape index (κ1) is 19.2. The number of hydrogen-bond donors (Lipinski definition) is 0. The molecule has 0 spiro atoms. The first-order valence-electron chi connectivity index (χ1n) is 10.1. The Balaban J connectivity index is 1.55. The molecule has 154 valence electrons. The van der Waals surface area contributed by atoms with E-state index in [2.05, 4.69) is 29.2 Å². The van der Waals surface area contributed by atoms with Gasteiger partial charge in [-0.15, -0.1) is 0 Å². The Morgan fingerprint density at radius 3 is 2.50 bits per heavy atom. The molecule has 2 aliphatic heterocycles. The summed E-state index contributed by atoms with van der Waals surface area (Å²) < 4.78 is 37.0. The summed E-state index contributed by atoms with van der Waals surface area (Å²) in [7, 11) is -2.42. The van der Waals surface area contributed by atoms with Gasteiger partial charge in [-0.05, 0) is 47.7 Å². The standard InChI is InChI=1S/C24H23NO4S/c1-28-23-12-11-18-15-22-20-10-6-5-7-17(20)13-14-25(22)16-21(18)24(23)29-30(26,27)19-8-3-2-4-9-19/h2-12,22H,13-16H2,1H3. The zero-order valence-electron chi connectivity index (χ0n) is 16.7. The molecule has 0 amide bonds. The summed E-state index contributed by atoms with van der Waals surface area (Å²) in [4.78, 5) is 2.54. The minimum atomic E-state index is -3.96. The second kappa shape index (κ2) is 7.45. The molecule has 30 heavy (non-hydrogen) atoms. The topological polar surface area (TPSA) is 55.8 Å². The average Bonchev–Trinajstić information content (AvgIpc) is 2.78. The van der Waals surface area contributed by atoms with Gasteiger partial charge in [0.15, 0.2) is 11.5 Å². The molecule has 2 aliphatic rings. The molecule has 5 nitrogen and oxygen atoms in total. The van der Waals surface area contributed by atoms with Crippen LogP contribution >= 0.6 is 0 Å². The zero-order valence-corrected chi connectivity index (χ0v) is 17.6. The van der Waals surface area contributed by atoms with Crippen molar-refractivity contribution in [2.45, 2.75) is 30.3 Å². The maximum absolute atomic E-state index is 12.9. The van der Waals surface area contributed by atoms with Crippen molar-refractivity contribution in [3.05, 3.63) is 89.0 Å². The molecule has 3 aromatic rings. The zero-order chi connectivity index (χ0) is 20.7. The first-order valence-corrected chi connectivity index (χ1v) is 11.5. The van der Waals surface area contributed by atoms with Crippen molar-refractivity contribution in [1.82, 2.24) is 4.90 Å². The van der Waals surface area contributed by atoms with E-state index in [-0.39, 0.29) is 4.90 Å². The molecule has 3 aromatic carbocycles. The van der Waals surface area contributed by atoms with Crippen LogP contribution in [0.1, 0.15) is 28.3 Å². The monoisotopic (exact) mass is 421 g/mol. The van der Waals surface area contributed by atoms with Gasteiger partial charge in [0.05, 0.1) is 7.11 Å². The molecule has 0 radical (unpaired) electrons. The SMILES string of the molecule is COc1ccc2c(c1OS(=O)(=O)c1ccccc1)CN1CCc3ccccc3C1C2.